The Labute approximate surface area is 159 Å². The van der Waals surface area contributed by atoms with E-state index < -0.39 is 0 Å². The zero-order chi connectivity index (χ0) is 18.5. The van der Waals surface area contributed by atoms with Gasteiger partial charge in [0.15, 0.2) is 0 Å². The van der Waals surface area contributed by atoms with Crippen LogP contribution in [0.3, 0.4) is 0 Å². The average Bonchev–Trinajstić information content (AvgIpc) is 2.95. The lowest BCUT2D eigenvalue weighted by Gasteiger charge is -2.25. The Bertz CT molecular complexity index is 736. The number of nitrogens with zero attached hydrogens (tertiary/aromatic N) is 3. The first-order valence-corrected chi connectivity index (χ1v) is 10.2. The van der Waals surface area contributed by atoms with Gasteiger partial charge in [-0.05, 0) is 37.8 Å². The van der Waals surface area contributed by atoms with Gasteiger partial charge in [-0.2, -0.15) is 0 Å². The molecular weight excluding hydrogens is 346 g/mol. The topological polar surface area (TPSA) is 43.9 Å². The molecule has 26 heavy (non-hydrogen) atoms. The minimum atomic E-state index is 0.114. The van der Waals surface area contributed by atoms with Crippen molar-refractivity contribution in [1.82, 2.24) is 14.7 Å². The van der Waals surface area contributed by atoms with Crippen LogP contribution in [0.5, 0.6) is 0 Å². The molecule has 2 heterocycles. The number of carbonyl (C=O) groups excluding carboxylic acids is 2. The summed E-state index contributed by atoms with van der Waals surface area (Å²) in [6.45, 7) is 9.02. The van der Waals surface area contributed by atoms with Crippen molar-refractivity contribution in [3.63, 3.8) is 0 Å². The van der Waals surface area contributed by atoms with Crippen molar-refractivity contribution in [1.29, 1.82) is 0 Å². The van der Waals surface area contributed by atoms with E-state index in [9.17, 15) is 9.59 Å². The second-order valence-electron chi connectivity index (χ2n) is 6.64. The Hall–Kier alpha value is -1.92. The van der Waals surface area contributed by atoms with Crippen molar-refractivity contribution in [3.8, 4) is 0 Å². The van der Waals surface area contributed by atoms with E-state index in [0.717, 1.165) is 54.1 Å². The Balaban J connectivity index is 1.61. The number of hydrogen-bond acceptors (Lipinski definition) is 4. The monoisotopic (exact) mass is 373 g/mol. The van der Waals surface area contributed by atoms with Crippen LogP contribution in [0.15, 0.2) is 30.3 Å². The molecule has 0 bridgehead atoms. The highest BCUT2D eigenvalue weighted by atomic mass is 32.1. The first-order valence-electron chi connectivity index (χ1n) is 9.40. The molecule has 2 amide bonds. The number of likely N-dealkylation sites (N-methyl/N-ethyl adjacent to an activating group) is 1. The molecule has 0 N–H and O–H groups in total. The van der Waals surface area contributed by atoms with E-state index in [2.05, 4.69) is 11.0 Å². The molecule has 5 nitrogen and oxygen atoms in total. The van der Waals surface area contributed by atoms with Crippen LogP contribution in [0, 0.1) is 0 Å². The molecule has 1 aliphatic heterocycles. The molecule has 0 unspecified atom stereocenters. The van der Waals surface area contributed by atoms with Crippen molar-refractivity contribution >= 4 is 33.2 Å². The normalized spacial score (nSPS) is 15.8. The fraction of sp³-hybridized carbons (Fsp3) is 0.500. The standard InChI is InChI=1S/C20H27N3O2S/c1-3-22(4-2)19(24)15-21-10-7-11-23(13-12-21)20(25)18-14-16-8-5-6-9-17(16)26-18/h5-6,8-9,14H,3-4,7,10-13,15H2,1-2H3. The van der Waals surface area contributed by atoms with Crippen molar-refractivity contribution in [2.75, 3.05) is 45.8 Å². The fourth-order valence-electron chi connectivity index (χ4n) is 3.44. The summed E-state index contributed by atoms with van der Waals surface area (Å²) in [4.78, 5) is 32.0. The van der Waals surface area contributed by atoms with Gasteiger partial charge in [-0.25, -0.2) is 0 Å². The molecule has 1 aromatic carbocycles. The molecule has 140 valence electrons. The van der Waals surface area contributed by atoms with E-state index >= 15 is 0 Å². The molecule has 1 fully saturated rings. The summed E-state index contributed by atoms with van der Waals surface area (Å²) in [5, 5.41) is 1.13. The Kier molecular flexibility index (Phi) is 6.27. The second-order valence-corrected chi connectivity index (χ2v) is 7.72. The quantitative estimate of drug-likeness (QED) is 0.809. The lowest BCUT2D eigenvalue weighted by Crippen LogP contribution is -2.42. The maximum absolute atomic E-state index is 12.9. The molecule has 0 spiro atoms. The Morgan fingerprint density at radius 2 is 1.85 bits per heavy atom. The Morgan fingerprint density at radius 1 is 1.08 bits per heavy atom. The van der Waals surface area contributed by atoms with Gasteiger partial charge in [0.25, 0.3) is 5.91 Å². The Morgan fingerprint density at radius 3 is 2.58 bits per heavy atom. The van der Waals surface area contributed by atoms with Gasteiger partial charge in [-0.1, -0.05) is 18.2 Å². The highest BCUT2D eigenvalue weighted by molar-refractivity contribution is 7.20. The van der Waals surface area contributed by atoms with Crippen LogP contribution in [-0.2, 0) is 4.79 Å². The summed E-state index contributed by atoms with van der Waals surface area (Å²) in [7, 11) is 0. The molecule has 1 aromatic heterocycles. The van der Waals surface area contributed by atoms with Crippen LogP contribution < -0.4 is 0 Å². The number of hydrogen-bond donors (Lipinski definition) is 0. The lowest BCUT2D eigenvalue weighted by molar-refractivity contribution is -0.132. The highest BCUT2D eigenvalue weighted by Crippen LogP contribution is 2.26. The number of rotatable bonds is 5. The SMILES string of the molecule is CCN(CC)C(=O)CN1CCCN(C(=O)c2cc3ccccc3s2)CC1. The summed E-state index contributed by atoms with van der Waals surface area (Å²) in [5.41, 5.74) is 0. The van der Waals surface area contributed by atoms with Crippen LogP contribution in [0.1, 0.15) is 29.9 Å². The van der Waals surface area contributed by atoms with Gasteiger partial charge in [0.1, 0.15) is 0 Å². The van der Waals surface area contributed by atoms with E-state index in [1.165, 1.54) is 0 Å². The zero-order valence-electron chi connectivity index (χ0n) is 15.6. The molecule has 0 atom stereocenters. The largest absolute Gasteiger partial charge is 0.342 e. The average molecular weight is 374 g/mol. The molecule has 2 aromatic rings. The van der Waals surface area contributed by atoms with Crippen molar-refractivity contribution in [3.05, 3.63) is 35.2 Å². The molecule has 1 saturated heterocycles. The van der Waals surface area contributed by atoms with Gasteiger partial charge < -0.3 is 9.80 Å². The molecule has 6 heteroatoms. The summed E-state index contributed by atoms with van der Waals surface area (Å²) in [6.07, 6.45) is 0.905. The molecular formula is C20H27N3O2S. The van der Waals surface area contributed by atoms with E-state index in [-0.39, 0.29) is 11.8 Å². The molecule has 1 aliphatic rings. The summed E-state index contributed by atoms with van der Waals surface area (Å²) >= 11 is 1.56. The summed E-state index contributed by atoms with van der Waals surface area (Å²) < 4.78 is 1.15. The minimum absolute atomic E-state index is 0.114. The van der Waals surface area contributed by atoms with Gasteiger partial charge in [-0.15, -0.1) is 11.3 Å². The van der Waals surface area contributed by atoms with Crippen molar-refractivity contribution in [2.45, 2.75) is 20.3 Å². The van der Waals surface area contributed by atoms with Crippen LogP contribution >= 0.6 is 11.3 Å². The maximum atomic E-state index is 12.9. The predicted octanol–water partition coefficient (Wildman–Crippen LogP) is 2.92. The molecule has 3 rings (SSSR count). The van der Waals surface area contributed by atoms with Gasteiger partial charge in [-0.3, -0.25) is 14.5 Å². The van der Waals surface area contributed by atoms with Gasteiger partial charge in [0.2, 0.25) is 5.91 Å². The molecule has 0 aliphatic carbocycles. The first-order chi connectivity index (χ1) is 12.6. The van der Waals surface area contributed by atoms with Gasteiger partial charge >= 0.3 is 0 Å². The fourth-order valence-corrected chi connectivity index (χ4v) is 4.47. The number of benzene rings is 1. The zero-order valence-corrected chi connectivity index (χ0v) is 16.4. The van der Waals surface area contributed by atoms with E-state index in [0.29, 0.717) is 13.1 Å². The molecule has 0 saturated carbocycles. The van der Waals surface area contributed by atoms with Crippen LogP contribution in [0.25, 0.3) is 10.1 Å². The highest BCUT2D eigenvalue weighted by Gasteiger charge is 2.23. The second kappa shape index (κ2) is 8.64. The van der Waals surface area contributed by atoms with Crippen molar-refractivity contribution in [2.24, 2.45) is 0 Å². The third-order valence-corrected chi connectivity index (χ3v) is 6.09. The van der Waals surface area contributed by atoms with Crippen molar-refractivity contribution < 1.29 is 9.59 Å². The third-order valence-electron chi connectivity index (χ3n) is 4.99. The van der Waals surface area contributed by atoms with E-state index in [1.54, 1.807) is 11.3 Å². The number of thiophene rings is 1. The summed E-state index contributed by atoms with van der Waals surface area (Å²) in [5.74, 6) is 0.294. The number of amides is 2. The summed E-state index contributed by atoms with van der Waals surface area (Å²) in [6, 6.07) is 10.1. The lowest BCUT2D eigenvalue weighted by atomic mass is 10.2. The smallest absolute Gasteiger partial charge is 0.264 e. The van der Waals surface area contributed by atoms with Crippen LogP contribution in [-0.4, -0.2) is 72.3 Å². The minimum Gasteiger partial charge on any atom is -0.342 e. The number of fused-ring (bicyclic) bond motifs is 1. The maximum Gasteiger partial charge on any atom is 0.264 e. The third kappa shape index (κ3) is 4.24. The van der Waals surface area contributed by atoms with E-state index in [4.69, 9.17) is 0 Å². The van der Waals surface area contributed by atoms with E-state index in [1.807, 2.05) is 47.9 Å². The van der Waals surface area contributed by atoms with Crippen LogP contribution in [0.2, 0.25) is 0 Å². The van der Waals surface area contributed by atoms with Gasteiger partial charge in [0, 0.05) is 44.0 Å². The molecule has 0 radical (unpaired) electrons. The van der Waals surface area contributed by atoms with Gasteiger partial charge in [0.05, 0.1) is 11.4 Å². The number of carbonyl (C=O) groups is 2. The predicted molar refractivity (Wildman–Crippen MR) is 107 cm³/mol. The first kappa shape index (κ1) is 18.9. The van der Waals surface area contributed by atoms with Crippen LogP contribution in [0.4, 0.5) is 0 Å².